The lowest BCUT2D eigenvalue weighted by atomic mass is 10.1. The van der Waals surface area contributed by atoms with E-state index in [0.717, 1.165) is 0 Å². The maximum atomic E-state index is 10.1. The Balaban J connectivity index is 1.99. The van der Waals surface area contributed by atoms with Crippen LogP contribution in [-0.2, 0) is 4.74 Å². The lowest BCUT2D eigenvalue weighted by Crippen LogP contribution is -2.33. The molecule has 1 fully saturated rings. The molecule has 9 nitrogen and oxygen atoms in total. The summed E-state index contributed by atoms with van der Waals surface area (Å²) < 4.78 is 7.03. The van der Waals surface area contributed by atoms with Gasteiger partial charge in [0.25, 0.3) is 0 Å². The van der Waals surface area contributed by atoms with Gasteiger partial charge in [-0.1, -0.05) is 0 Å². The van der Waals surface area contributed by atoms with Gasteiger partial charge in [-0.2, -0.15) is 0 Å². The van der Waals surface area contributed by atoms with Gasteiger partial charge in [0, 0.05) is 6.04 Å². The highest BCUT2D eigenvalue weighted by molar-refractivity contribution is 5.82. The molecule has 1 aliphatic heterocycles. The number of aliphatic hydroxyl groups is 3. The second-order valence-corrected chi connectivity index (χ2v) is 5.57. The molecule has 3 heterocycles. The second-order valence-electron chi connectivity index (χ2n) is 5.57. The van der Waals surface area contributed by atoms with Crippen LogP contribution in [0.4, 0.5) is 5.82 Å². The van der Waals surface area contributed by atoms with Gasteiger partial charge >= 0.3 is 0 Å². The predicted molar refractivity (Wildman–Crippen MR) is 77.1 cm³/mol. The minimum absolute atomic E-state index is 0.178. The summed E-state index contributed by atoms with van der Waals surface area (Å²) in [7, 11) is 0. The van der Waals surface area contributed by atoms with E-state index in [4.69, 9.17) is 9.84 Å². The largest absolute Gasteiger partial charge is 0.394 e. The summed E-state index contributed by atoms with van der Waals surface area (Å²) in [5, 5.41) is 32.3. The van der Waals surface area contributed by atoms with Crippen LogP contribution in [0.15, 0.2) is 12.7 Å². The maximum Gasteiger partial charge on any atom is 0.167 e. The van der Waals surface area contributed by atoms with Gasteiger partial charge < -0.3 is 25.4 Å². The molecule has 3 rings (SSSR count). The van der Waals surface area contributed by atoms with Crippen LogP contribution in [0, 0.1) is 0 Å². The molecule has 1 aliphatic rings. The Morgan fingerprint density at radius 2 is 2.05 bits per heavy atom. The third-order valence-corrected chi connectivity index (χ3v) is 3.58. The molecule has 0 bridgehead atoms. The van der Waals surface area contributed by atoms with Crippen molar-refractivity contribution in [3.8, 4) is 0 Å². The first-order valence-electron chi connectivity index (χ1n) is 7.09. The Kier molecular flexibility index (Phi) is 3.96. The fourth-order valence-corrected chi connectivity index (χ4v) is 2.53. The molecule has 22 heavy (non-hydrogen) atoms. The molecule has 0 amide bonds. The van der Waals surface area contributed by atoms with Gasteiger partial charge in [0.05, 0.1) is 12.9 Å². The van der Waals surface area contributed by atoms with Crippen molar-refractivity contribution in [3.05, 3.63) is 12.7 Å². The number of ether oxygens (including phenoxy) is 1. The molecule has 0 spiro atoms. The molecule has 2 aromatic rings. The number of aromatic nitrogens is 4. The Morgan fingerprint density at radius 1 is 1.27 bits per heavy atom. The average Bonchev–Trinajstić information content (AvgIpc) is 3.02. The first kappa shape index (κ1) is 15.1. The molecular weight excluding hydrogens is 290 g/mol. The van der Waals surface area contributed by atoms with Crippen LogP contribution in [0.1, 0.15) is 20.1 Å². The summed E-state index contributed by atoms with van der Waals surface area (Å²) in [6.45, 7) is 3.59. The lowest BCUT2D eigenvalue weighted by molar-refractivity contribution is -0.0511. The number of hydrogen-bond donors (Lipinski definition) is 4. The van der Waals surface area contributed by atoms with Gasteiger partial charge in [0.2, 0.25) is 0 Å². The summed E-state index contributed by atoms with van der Waals surface area (Å²) >= 11 is 0. The fraction of sp³-hybridized carbons (Fsp3) is 0.615. The zero-order chi connectivity index (χ0) is 15.9. The van der Waals surface area contributed by atoms with E-state index in [0.29, 0.717) is 17.0 Å². The van der Waals surface area contributed by atoms with Crippen molar-refractivity contribution < 1.29 is 20.1 Å². The smallest absolute Gasteiger partial charge is 0.167 e. The second kappa shape index (κ2) is 5.76. The minimum Gasteiger partial charge on any atom is -0.394 e. The van der Waals surface area contributed by atoms with Crippen LogP contribution in [0.3, 0.4) is 0 Å². The Labute approximate surface area is 126 Å². The van der Waals surface area contributed by atoms with Crippen LogP contribution >= 0.6 is 0 Å². The van der Waals surface area contributed by atoms with Gasteiger partial charge in [0.1, 0.15) is 24.6 Å². The Morgan fingerprint density at radius 3 is 2.68 bits per heavy atom. The number of anilines is 1. The molecule has 9 heteroatoms. The first-order chi connectivity index (χ1) is 10.5. The quantitative estimate of drug-likeness (QED) is 0.582. The molecule has 0 aromatic carbocycles. The molecule has 1 saturated heterocycles. The molecule has 4 N–H and O–H groups in total. The van der Waals surface area contributed by atoms with Gasteiger partial charge in [-0.15, -0.1) is 0 Å². The van der Waals surface area contributed by atoms with E-state index in [1.54, 1.807) is 0 Å². The van der Waals surface area contributed by atoms with E-state index < -0.39 is 24.5 Å². The van der Waals surface area contributed by atoms with Gasteiger partial charge in [-0.3, -0.25) is 4.57 Å². The van der Waals surface area contributed by atoms with Crippen molar-refractivity contribution in [1.29, 1.82) is 0 Å². The molecule has 4 atom stereocenters. The van der Waals surface area contributed by atoms with Crippen LogP contribution in [-0.4, -0.2) is 65.8 Å². The zero-order valence-electron chi connectivity index (χ0n) is 12.3. The summed E-state index contributed by atoms with van der Waals surface area (Å²) in [5.41, 5.74) is 1.03. The number of nitrogens with zero attached hydrogens (tertiary/aromatic N) is 4. The van der Waals surface area contributed by atoms with E-state index in [1.807, 2.05) is 13.8 Å². The summed E-state index contributed by atoms with van der Waals surface area (Å²) in [4.78, 5) is 12.6. The van der Waals surface area contributed by atoms with Crippen molar-refractivity contribution in [2.24, 2.45) is 0 Å². The van der Waals surface area contributed by atoms with Gasteiger partial charge in [-0.05, 0) is 13.8 Å². The third kappa shape index (κ3) is 2.41. The van der Waals surface area contributed by atoms with Crippen LogP contribution in [0.2, 0.25) is 0 Å². The molecule has 0 radical (unpaired) electrons. The van der Waals surface area contributed by atoms with Crippen LogP contribution in [0.5, 0.6) is 0 Å². The standard InChI is InChI=1S/C13H19N5O4/c1-6(2)17-11-8-12(15-4-14-11)18(5-16-8)13-10(21)9(20)7(3-19)22-13/h4-7,9-10,13,19-21H,3H2,1-2H3,(H,14,15,17)/t7-,9-,10-,13-/m1/s1. The van der Waals surface area contributed by atoms with E-state index in [-0.39, 0.29) is 12.6 Å². The third-order valence-electron chi connectivity index (χ3n) is 3.58. The summed E-state index contributed by atoms with van der Waals surface area (Å²) in [6.07, 6.45) is -1.17. The molecular formula is C13H19N5O4. The molecule has 0 aliphatic carbocycles. The van der Waals surface area contributed by atoms with Crippen LogP contribution in [0.25, 0.3) is 11.2 Å². The average molecular weight is 309 g/mol. The van der Waals surface area contributed by atoms with E-state index in [9.17, 15) is 10.2 Å². The van der Waals surface area contributed by atoms with Crippen molar-refractivity contribution >= 4 is 17.0 Å². The SMILES string of the molecule is CC(C)Nc1ncnc2c1ncn2[C@@H]1O[C@H](CO)[C@@H](O)[C@H]1O. The number of nitrogens with one attached hydrogen (secondary N) is 1. The van der Waals surface area contributed by atoms with E-state index >= 15 is 0 Å². The monoisotopic (exact) mass is 309 g/mol. The molecule has 120 valence electrons. The lowest BCUT2D eigenvalue weighted by Gasteiger charge is -2.16. The van der Waals surface area contributed by atoms with E-state index in [1.165, 1.54) is 17.2 Å². The van der Waals surface area contributed by atoms with Gasteiger partial charge in [-0.25, -0.2) is 15.0 Å². The highest BCUT2D eigenvalue weighted by Crippen LogP contribution is 2.32. The maximum absolute atomic E-state index is 10.1. The number of imidazole rings is 1. The zero-order valence-corrected chi connectivity index (χ0v) is 12.3. The van der Waals surface area contributed by atoms with Crippen molar-refractivity contribution in [2.75, 3.05) is 11.9 Å². The van der Waals surface area contributed by atoms with Crippen LogP contribution < -0.4 is 5.32 Å². The van der Waals surface area contributed by atoms with Crippen molar-refractivity contribution in [2.45, 2.75) is 44.4 Å². The fourth-order valence-electron chi connectivity index (χ4n) is 2.53. The molecule has 2 aromatic heterocycles. The summed E-state index contributed by atoms with van der Waals surface area (Å²) in [6, 6.07) is 0.178. The molecule has 0 saturated carbocycles. The summed E-state index contributed by atoms with van der Waals surface area (Å²) in [5.74, 6) is 0.588. The van der Waals surface area contributed by atoms with Gasteiger partial charge in [0.15, 0.2) is 23.2 Å². The van der Waals surface area contributed by atoms with E-state index in [2.05, 4.69) is 20.3 Å². The highest BCUT2D eigenvalue weighted by atomic mass is 16.6. The number of fused-ring (bicyclic) bond motifs is 1. The van der Waals surface area contributed by atoms with Crippen molar-refractivity contribution in [3.63, 3.8) is 0 Å². The topological polar surface area (TPSA) is 126 Å². The normalized spacial score (nSPS) is 28.6. The molecule has 0 unspecified atom stereocenters. The number of hydrogen-bond acceptors (Lipinski definition) is 8. The Hall–Kier alpha value is -1.81. The minimum atomic E-state index is -1.17. The highest BCUT2D eigenvalue weighted by Gasteiger charge is 2.44. The first-order valence-corrected chi connectivity index (χ1v) is 7.09. The number of rotatable bonds is 4. The predicted octanol–water partition coefficient (Wildman–Crippen LogP) is -0.742. The number of aliphatic hydroxyl groups excluding tert-OH is 3. The van der Waals surface area contributed by atoms with Crippen molar-refractivity contribution in [1.82, 2.24) is 19.5 Å². The Bertz CT molecular complexity index is 661.